The minimum absolute atomic E-state index is 0.149. The van der Waals surface area contributed by atoms with Gasteiger partial charge in [-0.15, -0.1) is 23.1 Å². The zero-order valence-corrected chi connectivity index (χ0v) is 17.4. The van der Waals surface area contributed by atoms with Crippen molar-refractivity contribution in [2.45, 2.75) is 32.1 Å². The third kappa shape index (κ3) is 6.07. The second-order valence-electron chi connectivity index (χ2n) is 5.76. The zero-order chi connectivity index (χ0) is 20.7. The van der Waals surface area contributed by atoms with Gasteiger partial charge in [0.05, 0.1) is 12.2 Å². The number of ether oxygens (including phenoxy) is 1. The molecule has 0 bridgehead atoms. The lowest BCUT2D eigenvalue weighted by molar-refractivity contribution is -0.115. The van der Waals surface area contributed by atoms with Crippen LogP contribution >= 0.6 is 23.1 Å². The highest BCUT2D eigenvalue weighted by Gasteiger charge is 2.22. The zero-order valence-electron chi connectivity index (χ0n) is 15.8. The van der Waals surface area contributed by atoms with Crippen LogP contribution < -0.4 is 10.6 Å². The minimum atomic E-state index is -0.830. The van der Waals surface area contributed by atoms with Gasteiger partial charge in [-0.1, -0.05) is 0 Å². The molecule has 0 radical (unpaired) electrons. The molecule has 0 aliphatic carbocycles. The molecule has 2 N–H and O–H groups in total. The van der Waals surface area contributed by atoms with Crippen LogP contribution in [0.25, 0.3) is 0 Å². The van der Waals surface area contributed by atoms with Gasteiger partial charge in [-0.25, -0.2) is 9.18 Å². The number of carbonyl (C=O) groups is 3. The fourth-order valence-electron chi connectivity index (χ4n) is 2.29. The molecule has 6 nitrogen and oxygen atoms in total. The minimum Gasteiger partial charge on any atom is -0.450 e. The third-order valence-corrected chi connectivity index (χ3v) is 5.90. The summed E-state index contributed by atoms with van der Waals surface area (Å²) in [5, 5.41) is 5.30. The van der Waals surface area contributed by atoms with E-state index in [1.54, 1.807) is 26.0 Å². The Morgan fingerprint density at radius 3 is 2.50 bits per heavy atom. The highest BCUT2D eigenvalue weighted by Crippen LogP contribution is 2.32. The first-order valence-corrected chi connectivity index (χ1v) is 10.4. The number of carbonyl (C=O) groups excluding carboxylic acids is 3. The van der Waals surface area contributed by atoms with Gasteiger partial charge in [-0.2, -0.15) is 0 Å². The molecule has 28 heavy (non-hydrogen) atoms. The van der Waals surface area contributed by atoms with Crippen molar-refractivity contribution < 1.29 is 23.5 Å². The number of alkyl carbamates (subject to hydrolysis) is 1. The van der Waals surface area contributed by atoms with Crippen molar-refractivity contribution in [3.8, 4) is 0 Å². The summed E-state index contributed by atoms with van der Waals surface area (Å²) in [6, 6.07) is 6.05. The van der Waals surface area contributed by atoms with E-state index in [-0.39, 0.29) is 30.3 Å². The Morgan fingerprint density at radius 1 is 1.18 bits per heavy atom. The molecule has 0 atom stereocenters. The second kappa shape index (κ2) is 10.2. The Bertz CT molecular complexity index is 866. The molecular weight excluding hydrogens is 403 g/mol. The Hall–Kier alpha value is -2.39. The largest absolute Gasteiger partial charge is 0.450 e. The highest BCUT2D eigenvalue weighted by molar-refractivity contribution is 7.99. The SMILES string of the molecule is CCOC(=O)NC(=O)c1c(NC(=O)CCSc2ccc(F)cc2)sc(C)c1C. The number of amides is 3. The number of benzene rings is 1. The van der Waals surface area contributed by atoms with Crippen LogP contribution in [0.4, 0.5) is 14.2 Å². The van der Waals surface area contributed by atoms with E-state index in [0.29, 0.717) is 16.3 Å². The lowest BCUT2D eigenvalue weighted by atomic mass is 10.1. The number of rotatable bonds is 7. The summed E-state index contributed by atoms with van der Waals surface area (Å²) in [6.07, 6.45) is -0.611. The summed E-state index contributed by atoms with van der Waals surface area (Å²) in [7, 11) is 0. The molecule has 0 saturated carbocycles. The van der Waals surface area contributed by atoms with Gasteiger partial charge in [0.2, 0.25) is 5.91 Å². The van der Waals surface area contributed by atoms with Crippen molar-refractivity contribution in [1.29, 1.82) is 0 Å². The smallest absolute Gasteiger partial charge is 0.414 e. The molecule has 0 aliphatic heterocycles. The molecule has 0 saturated heterocycles. The van der Waals surface area contributed by atoms with E-state index in [1.807, 2.05) is 6.92 Å². The molecule has 0 unspecified atom stereocenters. The average molecular weight is 425 g/mol. The number of hydrogen-bond donors (Lipinski definition) is 2. The van der Waals surface area contributed by atoms with Crippen molar-refractivity contribution in [3.05, 3.63) is 46.1 Å². The van der Waals surface area contributed by atoms with Crippen molar-refractivity contribution in [1.82, 2.24) is 5.32 Å². The average Bonchev–Trinajstić information content (AvgIpc) is 2.90. The van der Waals surface area contributed by atoms with E-state index in [2.05, 4.69) is 10.6 Å². The van der Waals surface area contributed by atoms with Crippen LogP contribution in [0.3, 0.4) is 0 Å². The second-order valence-corrected chi connectivity index (χ2v) is 8.16. The molecule has 1 heterocycles. The van der Waals surface area contributed by atoms with Gasteiger partial charge in [-0.3, -0.25) is 14.9 Å². The van der Waals surface area contributed by atoms with Gasteiger partial charge >= 0.3 is 6.09 Å². The summed E-state index contributed by atoms with van der Waals surface area (Å²) >= 11 is 2.71. The molecule has 0 fully saturated rings. The molecule has 1 aromatic carbocycles. The van der Waals surface area contributed by atoms with Gasteiger partial charge < -0.3 is 10.1 Å². The molecule has 2 rings (SSSR count). The molecule has 3 amide bonds. The number of imide groups is 1. The van der Waals surface area contributed by atoms with Crippen LogP contribution in [0.15, 0.2) is 29.2 Å². The van der Waals surface area contributed by atoms with Gasteiger partial charge in [0.1, 0.15) is 10.8 Å². The van der Waals surface area contributed by atoms with Gasteiger partial charge in [0.25, 0.3) is 5.91 Å². The van der Waals surface area contributed by atoms with Crippen LogP contribution in [0, 0.1) is 19.7 Å². The Balaban J connectivity index is 1.97. The Labute approximate surface area is 170 Å². The Kier molecular flexibility index (Phi) is 8.01. The fraction of sp³-hybridized carbons (Fsp3) is 0.316. The van der Waals surface area contributed by atoms with E-state index < -0.39 is 12.0 Å². The highest BCUT2D eigenvalue weighted by atomic mass is 32.2. The first-order valence-electron chi connectivity index (χ1n) is 8.58. The molecule has 0 aliphatic rings. The number of thioether (sulfide) groups is 1. The van der Waals surface area contributed by atoms with Gasteiger partial charge in [-0.05, 0) is 50.6 Å². The van der Waals surface area contributed by atoms with E-state index in [9.17, 15) is 18.8 Å². The standard InChI is InChI=1S/C19H21FN2O4S2/c1-4-26-19(25)22-17(24)16-11(2)12(3)28-18(16)21-15(23)9-10-27-14-7-5-13(20)6-8-14/h5-8H,4,9-10H2,1-3H3,(H,21,23)(H,22,24,25). The van der Waals surface area contributed by atoms with Gasteiger partial charge in [0.15, 0.2) is 0 Å². The maximum atomic E-state index is 12.9. The first-order chi connectivity index (χ1) is 13.3. The summed E-state index contributed by atoms with van der Waals surface area (Å²) in [4.78, 5) is 37.9. The summed E-state index contributed by atoms with van der Waals surface area (Å²) in [5.74, 6) is -0.665. The van der Waals surface area contributed by atoms with Crippen molar-refractivity contribution in [2.75, 3.05) is 17.7 Å². The molecule has 9 heteroatoms. The number of anilines is 1. The number of nitrogens with one attached hydrogen (secondary N) is 2. The van der Waals surface area contributed by atoms with Gasteiger partial charge in [0, 0.05) is 21.9 Å². The van der Waals surface area contributed by atoms with Crippen LogP contribution in [-0.4, -0.2) is 30.3 Å². The topological polar surface area (TPSA) is 84.5 Å². The van der Waals surface area contributed by atoms with Crippen LogP contribution in [-0.2, 0) is 9.53 Å². The fourth-order valence-corrected chi connectivity index (χ4v) is 4.22. The summed E-state index contributed by atoms with van der Waals surface area (Å²) in [6.45, 7) is 5.38. The number of hydrogen-bond acceptors (Lipinski definition) is 6. The first kappa shape index (κ1) is 21.9. The quantitative estimate of drug-likeness (QED) is 0.639. The van der Waals surface area contributed by atoms with Crippen molar-refractivity contribution in [3.63, 3.8) is 0 Å². The maximum absolute atomic E-state index is 12.9. The molecule has 2 aromatic rings. The van der Waals surface area contributed by atoms with Crippen LogP contribution in [0.1, 0.15) is 34.1 Å². The maximum Gasteiger partial charge on any atom is 0.414 e. The van der Waals surface area contributed by atoms with Crippen molar-refractivity contribution >= 4 is 46.0 Å². The van der Waals surface area contributed by atoms with E-state index in [0.717, 1.165) is 9.77 Å². The van der Waals surface area contributed by atoms with E-state index >= 15 is 0 Å². The van der Waals surface area contributed by atoms with E-state index in [4.69, 9.17) is 4.74 Å². The van der Waals surface area contributed by atoms with Crippen LogP contribution in [0.2, 0.25) is 0 Å². The predicted molar refractivity (Wildman–Crippen MR) is 109 cm³/mol. The monoisotopic (exact) mass is 424 g/mol. The summed E-state index contributed by atoms with van der Waals surface area (Å²) < 4.78 is 17.6. The van der Waals surface area contributed by atoms with Crippen molar-refractivity contribution in [2.24, 2.45) is 0 Å². The third-order valence-electron chi connectivity index (χ3n) is 3.77. The number of halogens is 1. The lowest BCUT2D eigenvalue weighted by Gasteiger charge is -2.08. The molecule has 0 spiro atoms. The molecule has 150 valence electrons. The lowest BCUT2D eigenvalue weighted by Crippen LogP contribution is -2.32. The molecule has 1 aromatic heterocycles. The summed E-state index contributed by atoms with van der Waals surface area (Å²) in [5.41, 5.74) is 0.956. The molecular formula is C19H21FN2O4S2. The normalized spacial score (nSPS) is 10.4. The Morgan fingerprint density at radius 2 is 1.86 bits per heavy atom. The predicted octanol–water partition coefficient (Wildman–Crippen LogP) is 4.51. The number of aryl methyl sites for hydroxylation is 1. The van der Waals surface area contributed by atoms with E-state index in [1.165, 1.54) is 35.2 Å². The number of thiophene rings is 1. The van der Waals surface area contributed by atoms with Crippen LogP contribution in [0.5, 0.6) is 0 Å².